The first-order valence-corrected chi connectivity index (χ1v) is 9.18. The van der Waals surface area contributed by atoms with E-state index >= 15 is 0 Å². The molecule has 2 rings (SSSR count). The number of carbonyl (C=O) groups is 2. The fourth-order valence-electron chi connectivity index (χ4n) is 2.16. The molecule has 1 saturated heterocycles. The van der Waals surface area contributed by atoms with Gasteiger partial charge in [-0.15, -0.1) is 0 Å². The van der Waals surface area contributed by atoms with Gasteiger partial charge >= 0.3 is 0 Å². The van der Waals surface area contributed by atoms with Crippen molar-refractivity contribution in [1.82, 2.24) is 5.32 Å². The maximum atomic E-state index is 11.8. The van der Waals surface area contributed by atoms with Crippen molar-refractivity contribution in [3.05, 3.63) is 29.3 Å². The zero-order valence-corrected chi connectivity index (χ0v) is 14.1. The molecule has 1 aliphatic heterocycles. The van der Waals surface area contributed by atoms with Gasteiger partial charge in [-0.1, -0.05) is 11.6 Å². The molecule has 1 aliphatic rings. The van der Waals surface area contributed by atoms with E-state index < -0.39 is 16.7 Å². The van der Waals surface area contributed by atoms with Crippen LogP contribution < -0.4 is 10.6 Å². The van der Waals surface area contributed by atoms with Crippen molar-refractivity contribution in [2.75, 3.05) is 30.0 Å². The molecule has 0 saturated carbocycles. The Labute approximate surface area is 142 Å². The van der Waals surface area contributed by atoms with Crippen LogP contribution >= 0.6 is 11.6 Å². The van der Waals surface area contributed by atoms with Crippen LogP contribution in [0.3, 0.4) is 0 Å². The molecular formula is C15H19ClN2O4S. The first kappa shape index (κ1) is 17.9. The van der Waals surface area contributed by atoms with E-state index in [4.69, 9.17) is 16.3 Å². The molecule has 0 aliphatic carbocycles. The molecule has 2 atom stereocenters. The van der Waals surface area contributed by atoms with Crippen LogP contribution in [0.5, 0.6) is 0 Å². The molecule has 1 heterocycles. The number of benzene rings is 1. The molecule has 1 fully saturated rings. The van der Waals surface area contributed by atoms with Gasteiger partial charge in [0.1, 0.15) is 11.5 Å². The molecule has 6 nitrogen and oxygen atoms in total. The topological polar surface area (TPSA) is 84.5 Å². The van der Waals surface area contributed by atoms with Gasteiger partial charge < -0.3 is 15.4 Å². The molecule has 23 heavy (non-hydrogen) atoms. The van der Waals surface area contributed by atoms with E-state index in [1.54, 1.807) is 24.3 Å². The highest BCUT2D eigenvalue weighted by atomic mass is 35.5. The predicted molar refractivity (Wildman–Crippen MR) is 89.9 cm³/mol. The standard InChI is InChI=1S/C15H19ClN2O4S/c16-11-3-5-12(6-4-11)18-15(20)10-23(21)9-14(19)17-8-13-2-1-7-22-13/h3-6,13H,1-2,7-10H2,(H,17,19)(H,18,20)/t13-,23+/m1/s1. The summed E-state index contributed by atoms with van der Waals surface area (Å²) in [7, 11) is -1.55. The van der Waals surface area contributed by atoms with Gasteiger partial charge in [0.05, 0.1) is 6.10 Å². The lowest BCUT2D eigenvalue weighted by molar-refractivity contribution is -0.119. The van der Waals surface area contributed by atoms with Crippen molar-refractivity contribution in [3.63, 3.8) is 0 Å². The number of halogens is 1. The molecule has 2 amide bonds. The SMILES string of the molecule is O=C(C[S@](=O)CC(=O)Nc1ccc(Cl)cc1)NC[C@H]1CCCO1. The molecule has 0 aromatic heterocycles. The minimum Gasteiger partial charge on any atom is -0.376 e. The van der Waals surface area contributed by atoms with Crippen LogP contribution in [0.4, 0.5) is 5.69 Å². The normalized spacial score (nSPS) is 18.4. The summed E-state index contributed by atoms with van der Waals surface area (Å²) in [5.41, 5.74) is 0.569. The van der Waals surface area contributed by atoms with E-state index in [0.717, 1.165) is 19.4 Å². The predicted octanol–water partition coefficient (Wildman–Crippen LogP) is 1.32. The van der Waals surface area contributed by atoms with E-state index in [1.165, 1.54) is 0 Å². The molecule has 1 aromatic rings. The molecule has 0 radical (unpaired) electrons. The van der Waals surface area contributed by atoms with Crippen LogP contribution in [0.1, 0.15) is 12.8 Å². The molecule has 0 bridgehead atoms. The molecular weight excluding hydrogens is 340 g/mol. The summed E-state index contributed by atoms with van der Waals surface area (Å²) in [6, 6.07) is 6.59. The molecule has 126 valence electrons. The van der Waals surface area contributed by atoms with Crippen molar-refractivity contribution in [2.45, 2.75) is 18.9 Å². The van der Waals surface area contributed by atoms with Gasteiger partial charge in [-0.25, -0.2) is 0 Å². The average Bonchev–Trinajstić information content (AvgIpc) is 3.00. The molecule has 2 N–H and O–H groups in total. The number of hydrogen-bond acceptors (Lipinski definition) is 4. The summed E-state index contributed by atoms with van der Waals surface area (Å²) < 4.78 is 17.2. The average molecular weight is 359 g/mol. The summed E-state index contributed by atoms with van der Waals surface area (Å²) in [5, 5.41) is 5.85. The van der Waals surface area contributed by atoms with Crippen LogP contribution in [-0.4, -0.2) is 46.8 Å². The Hall–Kier alpha value is -1.44. The van der Waals surface area contributed by atoms with E-state index in [1.807, 2.05) is 0 Å². The maximum Gasteiger partial charge on any atom is 0.237 e. The van der Waals surface area contributed by atoms with E-state index in [9.17, 15) is 13.8 Å². The largest absolute Gasteiger partial charge is 0.376 e. The summed E-state index contributed by atoms with van der Waals surface area (Å²) in [6.45, 7) is 1.14. The second-order valence-electron chi connectivity index (χ2n) is 5.22. The second-order valence-corrected chi connectivity index (χ2v) is 7.12. The van der Waals surface area contributed by atoms with Gasteiger partial charge in [-0.3, -0.25) is 13.8 Å². The third-order valence-corrected chi connectivity index (χ3v) is 4.68. The molecule has 1 aromatic carbocycles. The van der Waals surface area contributed by atoms with Crippen LogP contribution in [0.15, 0.2) is 24.3 Å². The van der Waals surface area contributed by atoms with Crippen LogP contribution in [0.2, 0.25) is 5.02 Å². The third-order valence-electron chi connectivity index (χ3n) is 3.26. The fraction of sp³-hybridized carbons (Fsp3) is 0.467. The highest BCUT2D eigenvalue weighted by molar-refractivity contribution is 7.86. The Balaban J connectivity index is 1.67. The Morgan fingerprint density at radius 3 is 2.57 bits per heavy atom. The lowest BCUT2D eigenvalue weighted by atomic mass is 10.2. The number of ether oxygens (including phenoxy) is 1. The van der Waals surface area contributed by atoms with Crippen molar-refractivity contribution in [2.24, 2.45) is 0 Å². The first-order chi connectivity index (χ1) is 11.0. The van der Waals surface area contributed by atoms with Crippen molar-refractivity contribution in [3.8, 4) is 0 Å². The summed E-state index contributed by atoms with van der Waals surface area (Å²) in [4.78, 5) is 23.4. The van der Waals surface area contributed by atoms with Crippen LogP contribution in [-0.2, 0) is 25.1 Å². The smallest absolute Gasteiger partial charge is 0.237 e. The third kappa shape index (κ3) is 6.68. The first-order valence-electron chi connectivity index (χ1n) is 7.31. The fourth-order valence-corrected chi connectivity index (χ4v) is 3.14. The molecule has 8 heteroatoms. The maximum absolute atomic E-state index is 11.8. The van der Waals surface area contributed by atoms with Crippen molar-refractivity contribution in [1.29, 1.82) is 0 Å². The van der Waals surface area contributed by atoms with E-state index in [0.29, 0.717) is 17.3 Å². The van der Waals surface area contributed by atoms with E-state index in [-0.39, 0.29) is 23.5 Å². The van der Waals surface area contributed by atoms with E-state index in [2.05, 4.69) is 10.6 Å². The number of nitrogens with one attached hydrogen (secondary N) is 2. The van der Waals surface area contributed by atoms with Crippen molar-refractivity contribution >= 4 is 39.9 Å². The Morgan fingerprint density at radius 1 is 1.22 bits per heavy atom. The van der Waals surface area contributed by atoms with Crippen LogP contribution in [0, 0.1) is 0 Å². The molecule has 0 unspecified atom stereocenters. The number of rotatable bonds is 7. The zero-order chi connectivity index (χ0) is 16.7. The highest BCUT2D eigenvalue weighted by Gasteiger charge is 2.17. The number of amides is 2. The summed E-state index contributed by atoms with van der Waals surface area (Å²) in [6.07, 6.45) is 1.96. The zero-order valence-electron chi connectivity index (χ0n) is 12.5. The Kier molecular flexibility index (Phi) is 7.01. The number of carbonyl (C=O) groups excluding carboxylic acids is 2. The Morgan fingerprint density at radius 2 is 1.91 bits per heavy atom. The quantitative estimate of drug-likeness (QED) is 0.770. The van der Waals surface area contributed by atoms with Gasteiger partial charge in [0, 0.05) is 34.7 Å². The van der Waals surface area contributed by atoms with Gasteiger partial charge in [-0.2, -0.15) is 0 Å². The van der Waals surface area contributed by atoms with Gasteiger partial charge in [0.25, 0.3) is 0 Å². The second kappa shape index (κ2) is 9.00. The lowest BCUT2D eigenvalue weighted by Crippen LogP contribution is -2.35. The monoisotopic (exact) mass is 358 g/mol. The summed E-state index contributed by atoms with van der Waals surface area (Å²) >= 11 is 5.75. The van der Waals surface area contributed by atoms with Gasteiger partial charge in [0.15, 0.2) is 0 Å². The minimum absolute atomic E-state index is 0.0422. The number of hydrogen-bond donors (Lipinski definition) is 2. The Bertz CT molecular complexity index is 573. The minimum atomic E-state index is -1.55. The van der Waals surface area contributed by atoms with Crippen LogP contribution in [0.25, 0.3) is 0 Å². The summed E-state index contributed by atoms with van der Waals surface area (Å²) in [5.74, 6) is -1.16. The van der Waals surface area contributed by atoms with Gasteiger partial charge in [0.2, 0.25) is 11.8 Å². The molecule has 0 spiro atoms. The highest BCUT2D eigenvalue weighted by Crippen LogP contribution is 2.13. The van der Waals surface area contributed by atoms with Crippen molar-refractivity contribution < 1.29 is 18.5 Å². The lowest BCUT2D eigenvalue weighted by Gasteiger charge is -2.10. The number of anilines is 1. The van der Waals surface area contributed by atoms with Gasteiger partial charge in [-0.05, 0) is 37.1 Å².